The summed E-state index contributed by atoms with van der Waals surface area (Å²) in [5.74, 6) is -0.430. The van der Waals surface area contributed by atoms with E-state index in [0.717, 1.165) is 44.1 Å². The quantitative estimate of drug-likeness (QED) is 0.477. The van der Waals surface area contributed by atoms with Crippen molar-refractivity contribution < 1.29 is 22.7 Å². The maximum atomic E-state index is 13.9. The number of rotatable bonds is 8. The molecule has 1 saturated heterocycles. The number of carbonyl (C=O) groups is 2. The third-order valence-corrected chi connectivity index (χ3v) is 9.62. The Balaban J connectivity index is 1.42. The highest BCUT2D eigenvalue weighted by Crippen LogP contribution is 2.36. The molecule has 1 saturated carbocycles. The Bertz CT molecular complexity index is 1280. The molecular weight excluding hydrogens is 502 g/mol. The van der Waals surface area contributed by atoms with Crippen molar-refractivity contribution in [2.45, 2.75) is 69.2 Å². The van der Waals surface area contributed by atoms with Crippen LogP contribution < -0.4 is 14.9 Å². The minimum absolute atomic E-state index is 0.00602. The van der Waals surface area contributed by atoms with Gasteiger partial charge in [-0.05, 0) is 81.2 Å². The van der Waals surface area contributed by atoms with Gasteiger partial charge >= 0.3 is 5.97 Å². The van der Waals surface area contributed by atoms with E-state index in [2.05, 4.69) is 16.1 Å². The second kappa shape index (κ2) is 11.5. The molecule has 0 unspecified atom stereocenters. The van der Waals surface area contributed by atoms with Crippen molar-refractivity contribution in [1.82, 2.24) is 4.72 Å². The summed E-state index contributed by atoms with van der Waals surface area (Å²) >= 11 is 0. The van der Waals surface area contributed by atoms with Crippen LogP contribution in [0.3, 0.4) is 0 Å². The van der Waals surface area contributed by atoms with Crippen LogP contribution in [0.5, 0.6) is 0 Å². The molecule has 2 fully saturated rings. The number of nitrogens with one attached hydrogen (secondary N) is 2. The number of sulfonamides is 1. The van der Waals surface area contributed by atoms with Crippen LogP contribution in [0.15, 0.2) is 47.4 Å². The van der Waals surface area contributed by atoms with Crippen molar-refractivity contribution in [3.63, 3.8) is 0 Å². The highest BCUT2D eigenvalue weighted by atomic mass is 32.2. The first kappa shape index (κ1) is 26.7. The van der Waals surface area contributed by atoms with Crippen LogP contribution in [0, 0.1) is 11.8 Å². The van der Waals surface area contributed by atoms with Gasteiger partial charge in [0, 0.05) is 30.7 Å². The minimum atomic E-state index is -3.93. The van der Waals surface area contributed by atoms with Gasteiger partial charge in [0.1, 0.15) is 4.90 Å². The smallest absolute Gasteiger partial charge is 0.309 e. The molecule has 9 heteroatoms. The minimum Gasteiger partial charge on any atom is -0.466 e. The standard InChI is InChI=1S/C29H37N3O5S/c1-2-37-29(34)22-15-17-32(18-16-22)26-14-13-23(30-28(33)21-9-5-10-21)19-27(26)38(35,36)31-25-12-6-8-20-7-3-4-11-24(20)25/h3-4,7,11,13-14,19,21-22,25,31H,2,5-6,8-10,12,15-18H2,1H3,(H,30,33)/t25-/m0/s1. The Hall–Kier alpha value is -2.91. The Morgan fingerprint density at radius 1 is 0.974 bits per heavy atom. The van der Waals surface area contributed by atoms with E-state index in [1.807, 2.05) is 23.1 Å². The molecular formula is C29H37N3O5S. The van der Waals surface area contributed by atoms with Gasteiger partial charge in [0.2, 0.25) is 15.9 Å². The number of fused-ring (bicyclic) bond motifs is 1. The van der Waals surface area contributed by atoms with Crippen LogP contribution in [-0.4, -0.2) is 40.0 Å². The average molecular weight is 540 g/mol. The van der Waals surface area contributed by atoms with Gasteiger partial charge in [0.15, 0.2) is 0 Å². The first-order valence-corrected chi connectivity index (χ1v) is 15.3. The number of hydrogen-bond acceptors (Lipinski definition) is 6. The van der Waals surface area contributed by atoms with E-state index in [0.29, 0.717) is 43.9 Å². The summed E-state index contributed by atoms with van der Waals surface area (Å²) in [6.07, 6.45) is 6.57. The highest BCUT2D eigenvalue weighted by molar-refractivity contribution is 7.89. The number of esters is 1. The molecule has 1 amide bonds. The maximum absolute atomic E-state index is 13.9. The Morgan fingerprint density at radius 3 is 2.45 bits per heavy atom. The second-order valence-corrected chi connectivity index (χ2v) is 12.3. The van der Waals surface area contributed by atoms with Gasteiger partial charge < -0.3 is 15.0 Å². The van der Waals surface area contributed by atoms with E-state index in [-0.39, 0.29) is 34.6 Å². The zero-order valence-electron chi connectivity index (χ0n) is 21.9. The number of amides is 1. The van der Waals surface area contributed by atoms with Crippen LogP contribution in [0.1, 0.15) is 69.0 Å². The highest BCUT2D eigenvalue weighted by Gasteiger charge is 2.32. The molecule has 0 aromatic heterocycles. The number of benzene rings is 2. The molecule has 1 aliphatic heterocycles. The predicted molar refractivity (Wildman–Crippen MR) is 146 cm³/mol. The summed E-state index contributed by atoms with van der Waals surface area (Å²) in [5, 5.41) is 2.93. The molecule has 38 heavy (non-hydrogen) atoms. The molecule has 0 radical (unpaired) electrons. The molecule has 2 aromatic carbocycles. The third-order valence-electron chi connectivity index (χ3n) is 8.12. The number of nitrogens with zero attached hydrogens (tertiary/aromatic N) is 1. The van der Waals surface area contributed by atoms with Crippen molar-refractivity contribution in [1.29, 1.82) is 0 Å². The SMILES string of the molecule is CCOC(=O)C1CCN(c2ccc(NC(=O)C3CCC3)cc2S(=O)(=O)N[C@H]2CCCc3ccccc32)CC1. The lowest BCUT2D eigenvalue weighted by molar-refractivity contribution is -0.148. The van der Waals surface area contributed by atoms with Crippen molar-refractivity contribution >= 4 is 33.3 Å². The van der Waals surface area contributed by atoms with Crippen molar-refractivity contribution in [2.75, 3.05) is 29.9 Å². The maximum Gasteiger partial charge on any atom is 0.309 e. The number of piperidine rings is 1. The van der Waals surface area contributed by atoms with E-state index in [1.165, 1.54) is 5.56 Å². The van der Waals surface area contributed by atoms with E-state index in [1.54, 1.807) is 25.1 Å². The van der Waals surface area contributed by atoms with Crippen molar-refractivity contribution in [3.05, 3.63) is 53.6 Å². The Labute approximate surface area is 225 Å². The second-order valence-electron chi connectivity index (χ2n) is 10.6. The largest absolute Gasteiger partial charge is 0.466 e. The number of carbonyl (C=O) groups excluding carboxylic acids is 2. The first-order chi connectivity index (χ1) is 18.4. The summed E-state index contributed by atoms with van der Waals surface area (Å²) in [7, 11) is -3.93. The molecule has 0 bridgehead atoms. The Kier molecular flexibility index (Phi) is 8.04. The van der Waals surface area contributed by atoms with E-state index >= 15 is 0 Å². The number of ether oxygens (including phenoxy) is 1. The lowest BCUT2D eigenvalue weighted by Crippen LogP contribution is -2.38. The molecule has 1 atom stereocenters. The van der Waals surface area contributed by atoms with Gasteiger partial charge in [-0.3, -0.25) is 9.59 Å². The van der Waals surface area contributed by atoms with E-state index in [4.69, 9.17) is 4.74 Å². The average Bonchev–Trinajstić information content (AvgIpc) is 2.88. The first-order valence-electron chi connectivity index (χ1n) is 13.8. The molecule has 1 heterocycles. The lowest BCUT2D eigenvalue weighted by atomic mass is 9.85. The summed E-state index contributed by atoms with van der Waals surface area (Å²) in [4.78, 5) is 27.0. The number of anilines is 2. The van der Waals surface area contributed by atoms with Gasteiger partial charge in [0.05, 0.1) is 18.2 Å². The normalized spacial score (nSPS) is 20.3. The molecule has 2 aromatic rings. The molecule has 204 valence electrons. The molecule has 3 aliphatic rings. The van der Waals surface area contributed by atoms with Gasteiger partial charge in [-0.15, -0.1) is 0 Å². The van der Waals surface area contributed by atoms with Crippen molar-refractivity contribution in [2.24, 2.45) is 11.8 Å². The third kappa shape index (κ3) is 5.73. The van der Waals surface area contributed by atoms with Crippen LogP contribution in [0.25, 0.3) is 0 Å². The monoisotopic (exact) mass is 539 g/mol. The fourth-order valence-electron chi connectivity index (χ4n) is 5.73. The number of hydrogen-bond donors (Lipinski definition) is 2. The summed E-state index contributed by atoms with van der Waals surface area (Å²) in [6, 6.07) is 12.8. The topological polar surface area (TPSA) is 105 Å². The summed E-state index contributed by atoms with van der Waals surface area (Å²) in [6.45, 7) is 3.25. The van der Waals surface area contributed by atoms with Crippen molar-refractivity contribution in [3.8, 4) is 0 Å². The molecule has 2 N–H and O–H groups in total. The zero-order valence-corrected chi connectivity index (χ0v) is 22.8. The van der Waals surface area contributed by atoms with E-state index < -0.39 is 10.0 Å². The predicted octanol–water partition coefficient (Wildman–Crippen LogP) is 4.56. The molecule has 0 spiro atoms. The Morgan fingerprint density at radius 2 is 1.74 bits per heavy atom. The molecule has 5 rings (SSSR count). The lowest BCUT2D eigenvalue weighted by Gasteiger charge is -2.34. The fraction of sp³-hybridized carbons (Fsp3) is 0.517. The van der Waals surface area contributed by atoms with Gasteiger partial charge in [0.25, 0.3) is 0 Å². The molecule has 2 aliphatic carbocycles. The van der Waals surface area contributed by atoms with Gasteiger partial charge in [-0.25, -0.2) is 13.1 Å². The fourth-order valence-corrected chi connectivity index (χ4v) is 7.23. The van der Waals surface area contributed by atoms with Crippen LogP contribution in [0.4, 0.5) is 11.4 Å². The number of aryl methyl sites for hydroxylation is 1. The summed E-state index contributed by atoms with van der Waals surface area (Å²) in [5.41, 5.74) is 3.27. The van der Waals surface area contributed by atoms with Gasteiger partial charge in [-0.2, -0.15) is 0 Å². The molecule has 8 nitrogen and oxygen atoms in total. The van der Waals surface area contributed by atoms with E-state index in [9.17, 15) is 18.0 Å². The van der Waals surface area contributed by atoms with Gasteiger partial charge in [-0.1, -0.05) is 30.7 Å². The zero-order chi connectivity index (χ0) is 26.7. The van der Waals surface area contributed by atoms with Crippen LogP contribution in [0.2, 0.25) is 0 Å². The summed E-state index contributed by atoms with van der Waals surface area (Å²) < 4.78 is 36.1. The van der Waals surface area contributed by atoms with Crippen LogP contribution >= 0.6 is 0 Å². The van der Waals surface area contributed by atoms with Crippen LogP contribution in [-0.2, 0) is 30.8 Å².